The Bertz CT molecular complexity index is 1250. The van der Waals surface area contributed by atoms with Gasteiger partial charge >= 0.3 is 5.97 Å². The van der Waals surface area contributed by atoms with E-state index in [0.29, 0.717) is 22.9 Å². The fourth-order valence-electron chi connectivity index (χ4n) is 2.91. The van der Waals surface area contributed by atoms with E-state index in [1.165, 1.54) is 22.2 Å². The van der Waals surface area contributed by atoms with Crippen LogP contribution in [0.4, 0.5) is 0 Å². The summed E-state index contributed by atoms with van der Waals surface area (Å²) in [5.74, 6) is 0.926. The molecule has 148 valence electrons. The molecule has 8 nitrogen and oxygen atoms in total. The molecule has 3 aromatic heterocycles. The van der Waals surface area contributed by atoms with Crippen LogP contribution in [0.1, 0.15) is 22.8 Å². The molecule has 3 heterocycles. The zero-order chi connectivity index (χ0) is 20.5. The van der Waals surface area contributed by atoms with Gasteiger partial charge in [-0.2, -0.15) is 4.98 Å². The van der Waals surface area contributed by atoms with Crippen LogP contribution >= 0.6 is 11.3 Å². The summed E-state index contributed by atoms with van der Waals surface area (Å²) in [6.45, 7) is 5.80. The number of rotatable bonds is 5. The van der Waals surface area contributed by atoms with Crippen molar-refractivity contribution in [2.24, 2.45) is 0 Å². The maximum Gasteiger partial charge on any atom is 0.312 e. The van der Waals surface area contributed by atoms with Crippen LogP contribution in [0.25, 0.3) is 21.6 Å². The van der Waals surface area contributed by atoms with E-state index in [9.17, 15) is 9.59 Å². The summed E-state index contributed by atoms with van der Waals surface area (Å²) >= 11 is 1.50. The number of fused-ring (bicyclic) bond motifs is 1. The predicted molar refractivity (Wildman–Crippen MR) is 108 cm³/mol. The van der Waals surface area contributed by atoms with Gasteiger partial charge in [-0.05, 0) is 43.7 Å². The topological polar surface area (TPSA) is 100 Å². The van der Waals surface area contributed by atoms with E-state index in [2.05, 4.69) is 15.1 Å². The number of aromatic nitrogens is 4. The van der Waals surface area contributed by atoms with Gasteiger partial charge in [0.25, 0.3) is 5.56 Å². The molecule has 0 amide bonds. The van der Waals surface area contributed by atoms with E-state index >= 15 is 0 Å². The minimum absolute atomic E-state index is 0.0566. The molecule has 4 rings (SSSR count). The number of esters is 1. The van der Waals surface area contributed by atoms with Crippen molar-refractivity contribution in [2.75, 3.05) is 0 Å². The van der Waals surface area contributed by atoms with Gasteiger partial charge in [0.15, 0.2) is 0 Å². The first kappa shape index (κ1) is 19.0. The van der Waals surface area contributed by atoms with Gasteiger partial charge in [0, 0.05) is 23.9 Å². The molecule has 0 aliphatic carbocycles. The van der Waals surface area contributed by atoms with Gasteiger partial charge in [0.2, 0.25) is 11.7 Å². The van der Waals surface area contributed by atoms with Crippen molar-refractivity contribution in [3.05, 3.63) is 57.3 Å². The van der Waals surface area contributed by atoms with Crippen LogP contribution in [0.2, 0.25) is 0 Å². The molecule has 0 bridgehead atoms. The lowest BCUT2D eigenvalue weighted by Crippen LogP contribution is -2.23. The molecule has 0 saturated heterocycles. The van der Waals surface area contributed by atoms with Gasteiger partial charge in [0.05, 0.1) is 18.1 Å². The largest absolute Gasteiger partial charge is 0.426 e. The summed E-state index contributed by atoms with van der Waals surface area (Å²) in [4.78, 5) is 35.1. The lowest BCUT2D eigenvalue weighted by molar-refractivity contribution is -0.134. The second-order valence-corrected chi connectivity index (χ2v) is 7.80. The number of hydrogen-bond acceptors (Lipinski definition) is 8. The Balaban J connectivity index is 1.41. The highest BCUT2D eigenvalue weighted by Gasteiger charge is 2.13. The van der Waals surface area contributed by atoms with Crippen LogP contribution in [0.5, 0.6) is 5.75 Å². The van der Waals surface area contributed by atoms with Gasteiger partial charge in [-0.15, -0.1) is 11.3 Å². The number of thiophene rings is 1. The average molecular weight is 410 g/mol. The molecule has 9 heteroatoms. The summed E-state index contributed by atoms with van der Waals surface area (Å²) in [5, 5.41) is 4.47. The standard InChI is InChI=1S/C20H18N4O4S/c1-11-12(2)29-19-17(11)20(26)24(10-21-19)9-8-16(25)27-15-6-4-14(5-7-15)18-22-13(3)28-23-18/h4-7,10H,8-9H2,1-3H3. The number of nitrogens with zero attached hydrogens (tertiary/aromatic N) is 4. The monoisotopic (exact) mass is 410 g/mol. The van der Waals surface area contributed by atoms with Crippen LogP contribution in [-0.4, -0.2) is 25.7 Å². The second-order valence-electron chi connectivity index (χ2n) is 6.59. The smallest absolute Gasteiger partial charge is 0.312 e. The Hall–Kier alpha value is -3.33. The highest BCUT2D eigenvalue weighted by Crippen LogP contribution is 2.25. The summed E-state index contributed by atoms with van der Waals surface area (Å²) in [7, 11) is 0. The molecule has 0 aliphatic rings. The van der Waals surface area contributed by atoms with Crippen LogP contribution in [-0.2, 0) is 11.3 Å². The van der Waals surface area contributed by atoms with E-state index in [1.807, 2.05) is 13.8 Å². The van der Waals surface area contributed by atoms with Crippen LogP contribution in [0.15, 0.2) is 39.9 Å². The van der Waals surface area contributed by atoms with E-state index < -0.39 is 5.97 Å². The number of benzene rings is 1. The summed E-state index contributed by atoms with van der Waals surface area (Å²) < 4.78 is 11.8. The zero-order valence-corrected chi connectivity index (χ0v) is 16.9. The van der Waals surface area contributed by atoms with Gasteiger partial charge in [-0.25, -0.2) is 4.98 Å². The van der Waals surface area contributed by atoms with Crippen LogP contribution in [0, 0.1) is 20.8 Å². The quantitative estimate of drug-likeness (QED) is 0.367. The maximum atomic E-state index is 12.7. The van der Waals surface area contributed by atoms with Crippen molar-refractivity contribution >= 4 is 27.5 Å². The highest BCUT2D eigenvalue weighted by molar-refractivity contribution is 7.18. The minimum atomic E-state index is -0.432. The zero-order valence-electron chi connectivity index (χ0n) is 16.1. The second kappa shape index (κ2) is 7.59. The van der Waals surface area contributed by atoms with Gasteiger partial charge in [-0.1, -0.05) is 5.16 Å². The minimum Gasteiger partial charge on any atom is -0.426 e. The van der Waals surface area contributed by atoms with Gasteiger partial charge in [-0.3, -0.25) is 14.2 Å². The SMILES string of the molecule is Cc1nc(-c2ccc(OC(=O)CCn3cnc4sc(C)c(C)c4c3=O)cc2)no1. The maximum absolute atomic E-state index is 12.7. The lowest BCUT2D eigenvalue weighted by atomic mass is 10.2. The number of aryl methyl sites for hydroxylation is 4. The third-order valence-corrected chi connectivity index (χ3v) is 5.70. The Morgan fingerprint density at radius 1 is 1.21 bits per heavy atom. The summed E-state index contributed by atoms with van der Waals surface area (Å²) in [6.07, 6.45) is 1.54. The molecule has 0 atom stereocenters. The molecule has 0 N–H and O–H groups in total. The fraction of sp³-hybridized carbons (Fsp3) is 0.250. The summed E-state index contributed by atoms with van der Waals surface area (Å²) in [5.41, 5.74) is 1.56. The first-order chi connectivity index (χ1) is 13.9. The van der Waals surface area contributed by atoms with Gasteiger partial charge in [0.1, 0.15) is 10.6 Å². The van der Waals surface area contributed by atoms with E-state index in [4.69, 9.17) is 9.26 Å². The van der Waals surface area contributed by atoms with E-state index in [0.717, 1.165) is 20.8 Å². The summed E-state index contributed by atoms with van der Waals surface area (Å²) in [6, 6.07) is 6.82. The van der Waals surface area contributed by atoms with Gasteiger partial charge < -0.3 is 9.26 Å². The molecule has 29 heavy (non-hydrogen) atoms. The first-order valence-electron chi connectivity index (χ1n) is 8.99. The third-order valence-electron chi connectivity index (χ3n) is 4.58. The van der Waals surface area contributed by atoms with Crippen molar-refractivity contribution < 1.29 is 14.1 Å². The van der Waals surface area contributed by atoms with Crippen molar-refractivity contribution in [3.8, 4) is 17.1 Å². The molecule has 0 radical (unpaired) electrons. The molecule has 0 spiro atoms. The van der Waals surface area contributed by atoms with Crippen molar-refractivity contribution in [3.63, 3.8) is 0 Å². The van der Waals surface area contributed by atoms with E-state index in [-0.39, 0.29) is 18.5 Å². The molecule has 4 aromatic rings. The van der Waals surface area contributed by atoms with Crippen molar-refractivity contribution in [2.45, 2.75) is 33.7 Å². The number of ether oxygens (including phenoxy) is 1. The van der Waals surface area contributed by atoms with Crippen LogP contribution < -0.4 is 10.3 Å². The lowest BCUT2D eigenvalue weighted by Gasteiger charge is -2.07. The Morgan fingerprint density at radius 2 is 1.97 bits per heavy atom. The van der Waals surface area contributed by atoms with Crippen molar-refractivity contribution in [1.82, 2.24) is 19.7 Å². The number of carbonyl (C=O) groups excluding carboxylic acids is 1. The molecule has 0 fully saturated rings. The third kappa shape index (κ3) is 3.81. The Kier molecular flexibility index (Phi) is 4.98. The molecule has 0 aliphatic heterocycles. The predicted octanol–water partition coefficient (Wildman–Crippen LogP) is 3.43. The molecular weight excluding hydrogens is 392 g/mol. The highest BCUT2D eigenvalue weighted by atomic mass is 32.1. The first-order valence-corrected chi connectivity index (χ1v) is 9.80. The molecular formula is C20H18N4O4S. The normalized spacial score (nSPS) is 11.1. The average Bonchev–Trinajstić information content (AvgIpc) is 3.25. The Morgan fingerprint density at radius 3 is 2.66 bits per heavy atom. The number of carbonyl (C=O) groups is 1. The Labute approximate surface area is 169 Å². The molecule has 1 aromatic carbocycles. The van der Waals surface area contributed by atoms with Crippen LogP contribution in [0.3, 0.4) is 0 Å². The fourth-order valence-corrected chi connectivity index (χ4v) is 3.90. The molecule has 0 saturated carbocycles. The van der Waals surface area contributed by atoms with Crippen molar-refractivity contribution in [1.29, 1.82) is 0 Å². The van der Waals surface area contributed by atoms with E-state index in [1.54, 1.807) is 31.2 Å². The molecule has 0 unspecified atom stereocenters. The number of hydrogen-bond donors (Lipinski definition) is 0.